The summed E-state index contributed by atoms with van der Waals surface area (Å²) in [6.45, 7) is 5.79. The Hall–Kier alpha value is -2.70. The Morgan fingerprint density at radius 2 is 1.81 bits per heavy atom. The maximum Gasteiger partial charge on any atom is 0.241 e. The van der Waals surface area contributed by atoms with E-state index in [9.17, 15) is 9.59 Å². The zero-order chi connectivity index (χ0) is 21.8. The summed E-state index contributed by atoms with van der Waals surface area (Å²) in [5.74, 6) is 0.288. The second-order valence-electron chi connectivity index (χ2n) is 8.93. The van der Waals surface area contributed by atoms with Crippen molar-refractivity contribution >= 4 is 11.8 Å². The number of amides is 2. The van der Waals surface area contributed by atoms with E-state index in [-0.39, 0.29) is 29.8 Å². The lowest BCUT2D eigenvalue weighted by molar-refractivity contribution is -0.134. The van der Waals surface area contributed by atoms with E-state index in [4.69, 9.17) is 0 Å². The molecule has 0 aromatic heterocycles. The molecule has 2 amide bonds. The van der Waals surface area contributed by atoms with Crippen LogP contribution in [-0.4, -0.2) is 48.4 Å². The summed E-state index contributed by atoms with van der Waals surface area (Å²) in [7, 11) is 0. The van der Waals surface area contributed by atoms with Crippen LogP contribution in [0.4, 0.5) is 0 Å². The molecule has 0 saturated carbocycles. The van der Waals surface area contributed by atoms with E-state index >= 15 is 0 Å². The van der Waals surface area contributed by atoms with E-state index in [2.05, 4.69) is 54.3 Å². The Balaban J connectivity index is 1.50. The number of benzene rings is 2. The number of nitrogens with one attached hydrogen (secondary N) is 3. The fourth-order valence-electron chi connectivity index (χ4n) is 4.52. The van der Waals surface area contributed by atoms with Crippen LogP contribution in [0.15, 0.2) is 54.6 Å². The molecule has 0 radical (unpaired) electrons. The van der Waals surface area contributed by atoms with Gasteiger partial charge in [-0.15, -0.1) is 0 Å². The van der Waals surface area contributed by atoms with Gasteiger partial charge in [-0.3, -0.25) is 15.0 Å². The van der Waals surface area contributed by atoms with Crippen molar-refractivity contribution in [3.05, 3.63) is 60.2 Å². The van der Waals surface area contributed by atoms with Gasteiger partial charge in [-0.25, -0.2) is 5.43 Å². The molecule has 3 atom stereocenters. The molecule has 6 nitrogen and oxygen atoms in total. The Kier molecular flexibility index (Phi) is 6.68. The van der Waals surface area contributed by atoms with Crippen LogP contribution in [0, 0.1) is 11.8 Å². The van der Waals surface area contributed by atoms with Crippen molar-refractivity contribution in [2.45, 2.75) is 38.8 Å². The second-order valence-corrected chi connectivity index (χ2v) is 8.93. The quantitative estimate of drug-likeness (QED) is 0.694. The molecule has 2 saturated heterocycles. The van der Waals surface area contributed by atoms with Crippen molar-refractivity contribution in [3.63, 3.8) is 0 Å². The van der Waals surface area contributed by atoms with Gasteiger partial charge in [0.2, 0.25) is 11.8 Å². The number of carbonyl (C=O) groups is 2. The van der Waals surface area contributed by atoms with E-state index in [0.717, 1.165) is 23.1 Å². The summed E-state index contributed by atoms with van der Waals surface area (Å²) in [4.78, 5) is 27.9. The van der Waals surface area contributed by atoms with Crippen LogP contribution < -0.4 is 16.2 Å². The smallest absolute Gasteiger partial charge is 0.241 e. The van der Waals surface area contributed by atoms with Gasteiger partial charge in [-0.1, -0.05) is 68.4 Å². The number of hydrogen-bond donors (Lipinski definition) is 3. The highest BCUT2D eigenvalue weighted by Gasteiger charge is 2.36. The molecule has 2 fully saturated rings. The van der Waals surface area contributed by atoms with Gasteiger partial charge in [0.05, 0.1) is 5.92 Å². The second kappa shape index (κ2) is 9.62. The maximum absolute atomic E-state index is 13.2. The van der Waals surface area contributed by atoms with E-state index < -0.39 is 0 Å². The molecular formula is C25H32N4O2. The number of rotatable bonds is 5. The third-order valence-electron chi connectivity index (χ3n) is 6.41. The minimum absolute atomic E-state index is 0.0238. The fraction of sp³-hybridized carbons (Fsp3) is 0.440. The van der Waals surface area contributed by atoms with Crippen LogP contribution >= 0.6 is 0 Å². The topological polar surface area (TPSA) is 73.5 Å². The minimum Gasteiger partial charge on any atom is -0.354 e. The molecule has 2 heterocycles. The lowest BCUT2D eigenvalue weighted by Gasteiger charge is -2.26. The first-order chi connectivity index (χ1) is 15.0. The van der Waals surface area contributed by atoms with Crippen molar-refractivity contribution < 1.29 is 9.59 Å². The van der Waals surface area contributed by atoms with Crippen molar-refractivity contribution in [1.29, 1.82) is 0 Å². The van der Waals surface area contributed by atoms with Gasteiger partial charge in [0.25, 0.3) is 0 Å². The van der Waals surface area contributed by atoms with Gasteiger partial charge in [0.1, 0.15) is 6.04 Å². The lowest BCUT2D eigenvalue weighted by atomic mass is 9.91. The van der Waals surface area contributed by atoms with E-state index in [0.29, 0.717) is 32.0 Å². The zero-order valence-corrected chi connectivity index (χ0v) is 18.3. The van der Waals surface area contributed by atoms with Crippen LogP contribution in [0.5, 0.6) is 0 Å². The molecule has 4 rings (SSSR count). The van der Waals surface area contributed by atoms with Gasteiger partial charge < -0.3 is 10.2 Å². The monoisotopic (exact) mass is 420 g/mol. The Labute approximate surface area is 184 Å². The number of hydrazine groups is 1. The molecule has 31 heavy (non-hydrogen) atoms. The summed E-state index contributed by atoms with van der Waals surface area (Å²) >= 11 is 0. The van der Waals surface area contributed by atoms with Crippen molar-refractivity contribution in [1.82, 2.24) is 21.1 Å². The molecule has 2 aromatic rings. The molecule has 0 bridgehead atoms. The number of hydrogen-bond acceptors (Lipinski definition) is 4. The van der Waals surface area contributed by atoms with Gasteiger partial charge >= 0.3 is 0 Å². The largest absolute Gasteiger partial charge is 0.354 e. The van der Waals surface area contributed by atoms with Crippen molar-refractivity contribution in [3.8, 4) is 11.1 Å². The van der Waals surface area contributed by atoms with Crippen LogP contribution in [0.1, 0.15) is 25.8 Å². The zero-order valence-electron chi connectivity index (χ0n) is 18.3. The Bertz CT molecular complexity index is 915. The summed E-state index contributed by atoms with van der Waals surface area (Å²) in [5, 5.41) is 3.01. The van der Waals surface area contributed by atoms with Crippen LogP contribution in [0.3, 0.4) is 0 Å². The lowest BCUT2D eigenvalue weighted by Crippen LogP contribution is -2.48. The van der Waals surface area contributed by atoms with Crippen LogP contribution in [0.2, 0.25) is 0 Å². The van der Waals surface area contributed by atoms with Crippen LogP contribution in [0.25, 0.3) is 11.1 Å². The van der Waals surface area contributed by atoms with Crippen LogP contribution in [-0.2, 0) is 16.0 Å². The Morgan fingerprint density at radius 3 is 2.55 bits per heavy atom. The van der Waals surface area contributed by atoms with Crippen molar-refractivity contribution in [2.24, 2.45) is 11.8 Å². The van der Waals surface area contributed by atoms with Gasteiger partial charge in [-0.2, -0.15) is 0 Å². The van der Waals surface area contributed by atoms with Gasteiger partial charge in [0, 0.05) is 25.7 Å². The molecule has 2 aliphatic heterocycles. The number of carbonyl (C=O) groups excluding carboxylic acids is 2. The first kappa shape index (κ1) is 21.5. The molecule has 3 N–H and O–H groups in total. The predicted octanol–water partition coefficient (Wildman–Crippen LogP) is 2.36. The summed E-state index contributed by atoms with van der Waals surface area (Å²) < 4.78 is 0. The average molecular weight is 421 g/mol. The third-order valence-corrected chi connectivity index (χ3v) is 6.41. The molecule has 0 aliphatic carbocycles. The average Bonchev–Trinajstić information content (AvgIpc) is 3.21. The molecule has 2 aliphatic rings. The highest BCUT2D eigenvalue weighted by molar-refractivity contribution is 5.85. The van der Waals surface area contributed by atoms with E-state index in [1.165, 1.54) is 0 Å². The maximum atomic E-state index is 13.2. The first-order valence-corrected chi connectivity index (χ1v) is 11.2. The van der Waals surface area contributed by atoms with E-state index in [1.54, 1.807) is 0 Å². The standard InChI is InChI=1S/C25H32N4O2/c1-17(2)22-15-23(28-27-22)25(31)29-13-12-26-24(30)20(16-29)14-19-10-6-7-11-21(19)18-8-4-3-5-9-18/h3-11,17,20,22-23,27-28H,12-16H2,1-2H3,(H,26,30). The fourth-order valence-corrected chi connectivity index (χ4v) is 4.52. The van der Waals surface area contributed by atoms with E-state index in [1.807, 2.05) is 35.2 Å². The molecule has 3 unspecified atom stereocenters. The SMILES string of the molecule is CC(C)C1CC(C(=O)N2CCNC(=O)C(Cc3ccccc3-c3ccccc3)C2)NN1. The normalized spacial score (nSPS) is 24.2. The highest BCUT2D eigenvalue weighted by atomic mass is 16.2. The minimum atomic E-state index is -0.272. The molecule has 6 heteroatoms. The Morgan fingerprint density at radius 1 is 1.06 bits per heavy atom. The number of nitrogens with zero attached hydrogens (tertiary/aromatic N) is 1. The highest BCUT2D eigenvalue weighted by Crippen LogP contribution is 2.26. The van der Waals surface area contributed by atoms with Gasteiger partial charge in [0.15, 0.2) is 0 Å². The van der Waals surface area contributed by atoms with Gasteiger partial charge in [-0.05, 0) is 35.4 Å². The molecule has 0 spiro atoms. The van der Waals surface area contributed by atoms with Crippen molar-refractivity contribution in [2.75, 3.05) is 19.6 Å². The summed E-state index contributed by atoms with van der Waals surface area (Å²) in [5.41, 5.74) is 9.82. The summed E-state index contributed by atoms with van der Waals surface area (Å²) in [6, 6.07) is 18.5. The molecule has 164 valence electrons. The third kappa shape index (κ3) is 4.97. The first-order valence-electron chi connectivity index (χ1n) is 11.2. The summed E-state index contributed by atoms with van der Waals surface area (Å²) in [6.07, 6.45) is 1.38. The predicted molar refractivity (Wildman–Crippen MR) is 122 cm³/mol. The molecular weight excluding hydrogens is 388 g/mol. The molecule has 2 aromatic carbocycles.